The van der Waals surface area contributed by atoms with Gasteiger partial charge in [-0.2, -0.15) is 0 Å². The van der Waals surface area contributed by atoms with Crippen LogP contribution in [0, 0.1) is 0 Å². The topological polar surface area (TPSA) is 142 Å². The van der Waals surface area contributed by atoms with Crippen LogP contribution in [-0.2, 0) is 24.3 Å². The zero-order valence-electron chi connectivity index (χ0n) is 17.7. The van der Waals surface area contributed by atoms with Gasteiger partial charge in [-0.25, -0.2) is 23.1 Å². The van der Waals surface area contributed by atoms with Crippen molar-refractivity contribution in [1.29, 1.82) is 0 Å². The second kappa shape index (κ2) is 10.8. The van der Waals surface area contributed by atoms with E-state index in [2.05, 4.69) is 5.32 Å². The zero-order chi connectivity index (χ0) is 24.9. The monoisotopic (exact) mass is 522 g/mol. The summed E-state index contributed by atoms with van der Waals surface area (Å²) in [7, 11) is -4.16. The van der Waals surface area contributed by atoms with Gasteiger partial charge in [-0.15, -0.1) is 11.3 Å². The Bertz CT molecular complexity index is 1340. The second-order valence-corrected chi connectivity index (χ2v) is 9.57. The summed E-state index contributed by atoms with van der Waals surface area (Å²) in [6, 6.07) is 12.5. The minimum absolute atomic E-state index is 0.148. The first-order valence-corrected chi connectivity index (χ1v) is 12.6. The van der Waals surface area contributed by atoms with Gasteiger partial charge in [0.25, 0.3) is 5.91 Å². The van der Waals surface area contributed by atoms with E-state index >= 15 is 0 Å². The number of nitrogens with two attached hydrogens (primary N) is 1. The first-order chi connectivity index (χ1) is 16.1. The number of hydrogen-bond acceptors (Lipinski definition) is 8. The fourth-order valence-corrected chi connectivity index (χ4v) is 4.96. The molecule has 0 unspecified atom stereocenters. The first kappa shape index (κ1) is 25.4. The van der Waals surface area contributed by atoms with Crippen molar-refractivity contribution in [3.63, 3.8) is 0 Å². The number of thiophene rings is 1. The summed E-state index contributed by atoms with van der Waals surface area (Å²) in [6.45, 7) is 1.13. The van der Waals surface area contributed by atoms with Crippen molar-refractivity contribution in [2.24, 2.45) is 5.14 Å². The summed E-state index contributed by atoms with van der Waals surface area (Å²) in [5, 5.41) is 9.42. The molecule has 3 N–H and O–H groups in total. The molecule has 0 aliphatic carbocycles. The molecule has 1 amide bonds. The molecule has 12 heteroatoms. The summed E-state index contributed by atoms with van der Waals surface area (Å²) < 4.78 is 33.3. The van der Waals surface area contributed by atoms with Gasteiger partial charge in [0.15, 0.2) is 6.61 Å². The molecule has 2 aromatic carbocycles. The molecule has 0 radical (unpaired) electrons. The molecule has 3 aromatic rings. The van der Waals surface area contributed by atoms with Crippen LogP contribution in [0.25, 0.3) is 11.1 Å². The lowest BCUT2D eigenvalue weighted by molar-refractivity contribution is -0.119. The maximum absolute atomic E-state index is 12.6. The van der Waals surface area contributed by atoms with E-state index in [1.54, 1.807) is 12.3 Å². The molecule has 0 saturated carbocycles. The van der Waals surface area contributed by atoms with Crippen molar-refractivity contribution in [3.8, 4) is 11.1 Å². The smallest absolute Gasteiger partial charge is 0.341 e. The molecular formula is C22H19ClN2O7S2. The molecule has 0 spiro atoms. The summed E-state index contributed by atoms with van der Waals surface area (Å²) in [5.41, 5.74) is 1.39. The van der Waals surface area contributed by atoms with Gasteiger partial charge in [0, 0.05) is 10.9 Å². The lowest BCUT2D eigenvalue weighted by atomic mass is 10.0. The fraction of sp³-hybridized carbons (Fsp3) is 0.136. The molecule has 0 aliphatic rings. The van der Waals surface area contributed by atoms with E-state index in [4.69, 9.17) is 26.2 Å². The van der Waals surface area contributed by atoms with Crippen molar-refractivity contribution in [1.82, 2.24) is 0 Å². The number of hydrogen-bond donors (Lipinski definition) is 2. The second-order valence-electron chi connectivity index (χ2n) is 6.75. The largest absolute Gasteiger partial charge is 0.462 e. The lowest BCUT2D eigenvalue weighted by Crippen LogP contribution is -2.22. The average Bonchev–Trinajstić information content (AvgIpc) is 3.21. The van der Waals surface area contributed by atoms with Gasteiger partial charge in [-0.05, 0) is 30.7 Å². The minimum atomic E-state index is -4.16. The normalized spacial score (nSPS) is 11.0. The Kier molecular flexibility index (Phi) is 8.05. The summed E-state index contributed by atoms with van der Waals surface area (Å²) >= 11 is 6.92. The number of sulfonamides is 1. The lowest BCUT2D eigenvalue weighted by Gasteiger charge is -2.10. The molecule has 0 aliphatic heterocycles. The van der Waals surface area contributed by atoms with Crippen LogP contribution >= 0.6 is 22.9 Å². The Hall–Kier alpha value is -3.25. The molecule has 1 aromatic heterocycles. The van der Waals surface area contributed by atoms with Crippen LogP contribution in [0.1, 0.15) is 27.6 Å². The van der Waals surface area contributed by atoms with Crippen LogP contribution in [0.3, 0.4) is 0 Å². The molecule has 0 bridgehead atoms. The molecule has 3 rings (SSSR count). The number of primary sulfonamides is 1. The summed E-state index contributed by atoms with van der Waals surface area (Å²) in [6.07, 6.45) is 0. The van der Waals surface area contributed by atoms with E-state index in [0.717, 1.165) is 23.0 Å². The molecule has 1 heterocycles. The molecule has 34 heavy (non-hydrogen) atoms. The number of carbonyl (C=O) groups is 3. The fourth-order valence-electron chi connectivity index (χ4n) is 2.91. The van der Waals surface area contributed by atoms with Gasteiger partial charge in [0.05, 0.1) is 17.2 Å². The van der Waals surface area contributed by atoms with Gasteiger partial charge in [0.1, 0.15) is 15.5 Å². The molecule has 178 valence electrons. The Morgan fingerprint density at radius 3 is 2.41 bits per heavy atom. The average molecular weight is 523 g/mol. The highest BCUT2D eigenvalue weighted by Crippen LogP contribution is 2.36. The number of ether oxygens (including phenoxy) is 2. The predicted molar refractivity (Wildman–Crippen MR) is 127 cm³/mol. The Morgan fingerprint density at radius 1 is 1.06 bits per heavy atom. The van der Waals surface area contributed by atoms with Crippen LogP contribution < -0.4 is 10.5 Å². The number of amides is 1. The van der Waals surface area contributed by atoms with Gasteiger partial charge in [-0.3, -0.25) is 4.79 Å². The maximum atomic E-state index is 12.6. The third-order valence-corrected chi connectivity index (χ3v) is 6.70. The quantitative estimate of drug-likeness (QED) is 0.429. The summed E-state index contributed by atoms with van der Waals surface area (Å²) in [5.74, 6) is -2.27. The highest BCUT2D eigenvalue weighted by Gasteiger charge is 2.23. The van der Waals surface area contributed by atoms with Crippen molar-refractivity contribution < 1.29 is 32.3 Å². The van der Waals surface area contributed by atoms with Crippen LogP contribution in [0.5, 0.6) is 0 Å². The van der Waals surface area contributed by atoms with Crippen LogP contribution in [0.4, 0.5) is 5.00 Å². The van der Waals surface area contributed by atoms with Gasteiger partial charge >= 0.3 is 11.9 Å². The van der Waals surface area contributed by atoms with Gasteiger partial charge in [0.2, 0.25) is 10.0 Å². The van der Waals surface area contributed by atoms with E-state index < -0.39 is 39.4 Å². The third kappa shape index (κ3) is 6.00. The van der Waals surface area contributed by atoms with E-state index in [1.807, 2.05) is 30.3 Å². The maximum Gasteiger partial charge on any atom is 0.341 e. The molecule has 0 fully saturated rings. The van der Waals surface area contributed by atoms with Crippen molar-refractivity contribution in [3.05, 3.63) is 70.1 Å². The Balaban J connectivity index is 1.75. The van der Waals surface area contributed by atoms with E-state index in [-0.39, 0.29) is 27.8 Å². The highest BCUT2D eigenvalue weighted by atomic mass is 35.5. The number of carbonyl (C=O) groups excluding carboxylic acids is 3. The van der Waals surface area contributed by atoms with Crippen LogP contribution in [0.2, 0.25) is 5.02 Å². The van der Waals surface area contributed by atoms with Gasteiger partial charge < -0.3 is 14.8 Å². The van der Waals surface area contributed by atoms with Crippen molar-refractivity contribution >= 4 is 55.8 Å². The predicted octanol–water partition coefficient (Wildman–Crippen LogP) is 3.69. The van der Waals surface area contributed by atoms with E-state index in [9.17, 15) is 22.8 Å². The Morgan fingerprint density at radius 2 is 1.76 bits per heavy atom. The number of esters is 2. The number of nitrogens with one attached hydrogen (secondary N) is 1. The number of anilines is 1. The number of benzene rings is 2. The van der Waals surface area contributed by atoms with Crippen LogP contribution in [-0.4, -0.2) is 39.5 Å². The molecule has 0 saturated heterocycles. The zero-order valence-corrected chi connectivity index (χ0v) is 20.1. The first-order valence-electron chi connectivity index (χ1n) is 9.75. The third-order valence-electron chi connectivity index (χ3n) is 4.42. The number of halogens is 1. The SMILES string of the molecule is CCOC(=O)c1c(-c2ccccc2)csc1NC(=O)COC(=O)c1ccc(Cl)c(S(N)(=O)=O)c1. The molecule has 9 nitrogen and oxygen atoms in total. The molecule has 0 atom stereocenters. The molecular weight excluding hydrogens is 504 g/mol. The van der Waals surface area contributed by atoms with E-state index in [0.29, 0.717) is 5.56 Å². The van der Waals surface area contributed by atoms with Crippen LogP contribution in [0.15, 0.2) is 58.8 Å². The summed E-state index contributed by atoms with van der Waals surface area (Å²) in [4.78, 5) is 36.9. The van der Waals surface area contributed by atoms with Crippen molar-refractivity contribution in [2.75, 3.05) is 18.5 Å². The van der Waals surface area contributed by atoms with Gasteiger partial charge in [-0.1, -0.05) is 41.9 Å². The minimum Gasteiger partial charge on any atom is -0.462 e. The van der Waals surface area contributed by atoms with E-state index in [1.165, 1.54) is 12.1 Å². The Labute approximate surface area is 204 Å². The highest BCUT2D eigenvalue weighted by molar-refractivity contribution is 7.89. The van der Waals surface area contributed by atoms with Crippen molar-refractivity contribution in [2.45, 2.75) is 11.8 Å². The standard InChI is InChI=1S/C22H19ClN2O7S2/c1-2-31-22(28)19-15(13-6-4-3-5-7-13)12-33-20(19)25-18(26)11-32-21(27)14-8-9-16(23)17(10-14)34(24,29)30/h3-10,12H,2,11H2,1H3,(H,25,26)(H2,24,29,30). The number of rotatable bonds is 8.